The number of rotatable bonds is 4. The number of nitrogens with zero attached hydrogens (tertiary/aromatic N) is 2. The Hall–Kier alpha value is -3.56. The van der Waals surface area contributed by atoms with Crippen molar-refractivity contribution in [1.82, 2.24) is 10.1 Å². The minimum Gasteiger partial charge on any atom is -0.406 e. The van der Waals surface area contributed by atoms with Crippen LogP contribution in [0.3, 0.4) is 0 Å². The number of halogens is 3. The zero-order chi connectivity index (χ0) is 18.7. The Kier molecular flexibility index (Phi) is 4.48. The predicted molar refractivity (Wildman–Crippen MR) is 85.2 cm³/mol. The Bertz CT molecular complexity index is 909. The fourth-order valence-electron chi connectivity index (χ4n) is 2.16. The van der Waals surface area contributed by atoms with Crippen molar-refractivity contribution in [2.24, 2.45) is 0 Å². The molecule has 0 aliphatic heterocycles. The van der Waals surface area contributed by atoms with Crippen molar-refractivity contribution in [3.05, 3.63) is 54.4 Å². The molecule has 26 heavy (non-hydrogen) atoms. The zero-order valence-electron chi connectivity index (χ0n) is 12.9. The highest BCUT2D eigenvalue weighted by atomic mass is 19.4. The lowest BCUT2D eigenvalue weighted by atomic mass is 10.1. The maximum Gasteiger partial charge on any atom is 0.573 e. The molecule has 0 radical (unpaired) electrons. The van der Waals surface area contributed by atoms with Gasteiger partial charge in [-0.05, 0) is 36.4 Å². The second-order valence-corrected chi connectivity index (χ2v) is 5.03. The van der Waals surface area contributed by atoms with E-state index in [1.807, 2.05) is 0 Å². The molecule has 0 atom stereocenters. The summed E-state index contributed by atoms with van der Waals surface area (Å²) < 4.78 is 45.1. The van der Waals surface area contributed by atoms with Gasteiger partial charge < -0.3 is 20.3 Å². The maximum atomic E-state index is 12.5. The van der Waals surface area contributed by atoms with Gasteiger partial charge in [0.15, 0.2) is 0 Å². The van der Waals surface area contributed by atoms with Crippen LogP contribution in [0, 0.1) is 0 Å². The zero-order valence-corrected chi connectivity index (χ0v) is 12.9. The van der Waals surface area contributed by atoms with E-state index in [2.05, 4.69) is 20.2 Å². The van der Waals surface area contributed by atoms with E-state index >= 15 is 0 Å². The van der Waals surface area contributed by atoms with E-state index in [-0.39, 0.29) is 22.8 Å². The van der Waals surface area contributed by atoms with Gasteiger partial charge in [-0.2, -0.15) is 0 Å². The van der Waals surface area contributed by atoms with Crippen LogP contribution in [-0.2, 0) is 0 Å². The molecule has 0 fully saturated rings. The number of hydrogen-bond acceptors (Lipinski definition) is 6. The van der Waals surface area contributed by atoms with E-state index in [9.17, 15) is 18.0 Å². The summed E-state index contributed by atoms with van der Waals surface area (Å²) in [5.74, 6) is -1.22. The molecular weight excluding hydrogens is 353 g/mol. The summed E-state index contributed by atoms with van der Waals surface area (Å²) in [5, 5.41) is 6.28. The third kappa shape index (κ3) is 3.91. The summed E-state index contributed by atoms with van der Waals surface area (Å²) in [5.41, 5.74) is 6.71. The first-order valence-corrected chi connectivity index (χ1v) is 7.16. The molecule has 0 saturated heterocycles. The summed E-state index contributed by atoms with van der Waals surface area (Å²) in [4.78, 5) is 16.4. The Morgan fingerprint density at radius 1 is 1.12 bits per heavy atom. The number of benzene rings is 1. The molecule has 3 aromatic rings. The SMILES string of the molecule is Nc1onc(-c2ccncc2)c1C(=O)Nc1ccc(OC(F)(F)F)cc1. The monoisotopic (exact) mass is 364 g/mol. The van der Waals surface area contributed by atoms with Gasteiger partial charge in [0.1, 0.15) is 17.0 Å². The molecule has 0 bridgehead atoms. The van der Waals surface area contributed by atoms with Crippen LogP contribution in [0.15, 0.2) is 53.3 Å². The van der Waals surface area contributed by atoms with Crippen molar-refractivity contribution in [2.75, 3.05) is 11.1 Å². The first-order chi connectivity index (χ1) is 12.3. The normalized spacial score (nSPS) is 11.2. The van der Waals surface area contributed by atoms with Crippen LogP contribution in [0.5, 0.6) is 5.75 Å². The number of nitrogens with two attached hydrogens (primary N) is 1. The summed E-state index contributed by atoms with van der Waals surface area (Å²) >= 11 is 0. The lowest BCUT2D eigenvalue weighted by molar-refractivity contribution is -0.274. The third-order valence-corrected chi connectivity index (χ3v) is 3.25. The Balaban J connectivity index is 1.80. The van der Waals surface area contributed by atoms with Gasteiger partial charge >= 0.3 is 6.36 Å². The van der Waals surface area contributed by atoms with E-state index < -0.39 is 18.0 Å². The van der Waals surface area contributed by atoms with Crippen LogP contribution in [0.25, 0.3) is 11.3 Å². The number of nitrogen functional groups attached to an aromatic ring is 1. The minimum absolute atomic E-state index is 0.00631. The number of carbonyl (C=O) groups is 1. The average molecular weight is 364 g/mol. The van der Waals surface area contributed by atoms with Gasteiger partial charge in [0, 0.05) is 23.6 Å². The first kappa shape index (κ1) is 17.3. The second-order valence-electron chi connectivity index (χ2n) is 5.03. The van der Waals surface area contributed by atoms with Gasteiger partial charge in [-0.15, -0.1) is 13.2 Å². The molecule has 134 valence electrons. The number of ether oxygens (including phenoxy) is 1. The lowest BCUT2D eigenvalue weighted by Gasteiger charge is -2.10. The molecule has 2 heterocycles. The molecule has 10 heteroatoms. The topological polar surface area (TPSA) is 103 Å². The van der Waals surface area contributed by atoms with Gasteiger partial charge in [-0.3, -0.25) is 9.78 Å². The molecule has 0 unspecified atom stereocenters. The highest BCUT2D eigenvalue weighted by Gasteiger charge is 2.31. The molecule has 0 saturated carbocycles. The van der Waals surface area contributed by atoms with Crippen LogP contribution >= 0.6 is 0 Å². The van der Waals surface area contributed by atoms with Crippen LogP contribution in [0.2, 0.25) is 0 Å². The van der Waals surface area contributed by atoms with Crippen molar-refractivity contribution in [3.8, 4) is 17.0 Å². The molecule has 7 nitrogen and oxygen atoms in total. The van der Waals surface area contributed by atoms with Crippen LogP contribution < -0.4 is 15.8 Å². The smallest absolute Gasteiger partial charge is 0.406 e. The summed E-state index contributed by atoms with van der Waals surface area (Å²) in [6.45, 7) is 0. The van der Waals surface area contributed by atoms with Gasteiger partial charge in [0.25, 0.3) is 5.91 Å². The maximum absolute atomic E-state index is 12.5. The number of hydrogen-bond donors (Lipinski definition) is 2. The minimum atomic E-state index is -4.79. The van der Waals surface area contributed by atoms with E-state index in [4.69, 9.17) is 10.3 Å². The molecule has 1 amide bonds. The molecule has 1 aromatic carbocycles. The number of carbonyl (C=O) groups excluding carboxylic acids is 1. The Morgan fingerprint density at radius 3 is 2.38 bits per heavy atom. The van der Waals surface area contributed by atoms with Crippen LogP contribution in [0.1, 0.15) is 10.4 Å². The number of nitrogens with one attached hydrogen (secondary N) is 1. The van der Waals surface area contributed by atoms with Crippen molar-refractivity contribution < 1.29 is 27.2 Å². The Labute approximate surface area is 144 Å². The Morgan fingerprint density at radius 2 is 1.77 bits per heavy atom. The van der Waals surface area contributed by atoms with Gasteiger partial charge in [0.2, 0.25) is 5.88 Å². The highest BCUT2D eigenvalue weighted by Crippen LogP contribution is 2.28. The van der Waals surface area contributed by atoms with Gasteiger partial charge in [0.05, 0.1) is 0 Å². The highest BCUT2D eigenvalue weighted by molar-refractivity contribution is 6.10. The standard InChI is InChI=1S/C16H11F3N4O3/c17-16(18,19)25-11-3-1-10(2-4-11)22-15(24)12-13(23-26-14(12)20)9-5-7-21-8-6-9/h1-8H,20H2,(H,22,24). The molecule has 0 aliphatic rings. The molecule has 0 aliphatic carbocycles. The van der Waals surface area contributed by atoms with E-state index in [0.29, 0.717) is 5.56 Å². The number of aromatic nitrogens is 2. The summed E-state index contributed by atoms with van der Waals surface area (Å²) in [6, 6.07) is 7.91. The van der Waals surface area contributed by atoms with Gasteiger partial charge in [-0.25, -0.2) is 0 Å². The van der Waals surface area contributed by atoms with E-state index in [1.54, 1.807) is 12.1 Å². The summed E-state index contributed by atoms with van der Waals surface area (Å²) in [7, 11) is 0. The van der Waals surface area contributed by atoms with Crippen molar-refractivity contribution >= 4 is 17.5 Å². The van der Waals surface area contributed by atoms with Crippen LogP contribution in [-0.4, -0.2) is 22.4 Å². The van der Waals surface area contributed by atoms with E-state index in [0.717, 1.165) is 12.1 Å². The largest absolute Gasteiger partial charge is 0.573 e. The van der Waals surface area contributed by atoms with Crippen molar-refractivity contribution in [2.45, 2.75) is 6.36 Å². The molecule has 3 rings (SSSR count). The molecule has 2 aromatic heterocycles. The third-order valence-electron chi connectivity index (χ3n) is 3.25. The van der Waals surface area contributed by atoms with Crippen molar-refractivity contribution in [3.63, 3.8) is 0 Å². The second kappa shape index (κ2) is 6.75. The quantitative estimate of drug-likeness (QED) is 0.735. The molecular formula is C16H11F3N4O3. The fourth-order valence-corrected chi connectivity index (χ4v) is 2.16. The molecule has 3 N–H and O–H groups in total. The van der Waals surface area contributed by atoms with Crippen molar-refractivity contribution in [1.29, 1.82) is 0 Å². The van der Waals surface area contributed by atoms with E-state index in [1.165, 1.54) is 24.5 Å². The fraction of sp³-hybridized carbons (Fsp3) is 0.0625. The number of anilines is 2. The lowest BCUT2D eigenvalue weighted by Crippen LogP contribution is -2.17. The summed E-state index contributed by atoms with van der Waals surface area (Å²) in [6.07, 6.45) is -1.76. The predicted octanol–water partition coefficient (Wildman–Crippen LogP) is 3.47. The average Bonchev–Trinajstić information content (AvgIpc) is 2.98. The van der Waals surface area contributed by atoms with Crippen LogP contribution in [0.4, 0.5) is 24.7 Å². The van der Waals surface area contributed by atoms with Gasteiger partial charge in [-0.1, -0.05) is 5.16 Å². The first-order valence-electron chi connectivity index (χ1n) is 7.16. The number of amides is 1. The molecule has 0 spiro atoms. The number of alkyl halides is 3. The number of pyridine rings is 1.